The molecule has 0 spiro atoms. The molecular formula is C10H16N2O3S. The SMILES string of the molecule is Cn1nccc1C1(O)CCCC1S(C)(=O)=O. The first kappa shape index (κ1) is 11.6. The topological polar surface area (TPSA) is 72.2 Å². The first-order valence-corrected chi connectivity index (χ1v) is 7.21. The van der Waals surface area contributed by atoms with Crippen molar-refractivity contribution in [1.82, 2.24) is 9.78 Å². The van der Waals surface area contributed by atoms with Crippen LogP contribution in [0.1, 0.15) is 25.0 Å². The maximum Gasteiger partial charge on any atom is 0.153 e. The zero-order valence-electron chi connectivity index (χ0n) is 9.42. The van der Waals surface area contributed by atoms with E-state index in [1.54, 1.807) is 24.0 Å². The first-order valence-electron chi connectivity index (χ1n) is 5.25. The van der Waals surface area contributed by atoms with E-state index in [4.69, 9.17) is 0 Å². The number of hydrogen-bond donors (Lipinski definition) is 1. The molecule has 1 aromatic heterocycles. The maximum absolute atomic E-state index is 11.7. The number of rotatable bonds is 2. The van der Waals surface area contributed by atoms with Crippen LogP contribution in [0.25, 0.3) is 0 Å². The van der Waals surface area contributed by atoms with Crippen molar-refractivity contribution in [2.24, 2.45) is 7.05 Å². The lowest BCUT2D eigenvalue weighted by Crippen LogP contribution is -2.41. The summed E-state index contributed by atoms with van der Waals surface area (Å²) in [4.78, 5) is 0. The lowest BCUT2D eigenvalue weighted by molar-refractivity contribution is 0.0392. The summed E-state index contributed by atoms with van der Waals surface area (Å²) in [5.74, 6) is 0. The van der Waals surface area contributed by atoms with Crippen LogP contribution in [0.15, 0.2) is 12.3 Å². The van der Waals surface area contributed by atoms with Crippen LogP contribution in [0.2, 0.25) is 0 Å². The van der Waals surface area contributed by atoms with E-state index in [2.05, 4.69) is 5.10 Å². The molecule has 90 valence electrons. The van der Waals surface area contributed by atoms with Gasteiger partial charge in [-0.1, -0.05) is 0 Å². The molecule has 0 amide bonds. The van der Waals surface area contributed by atoms with Crippen LogP contribution in [-0.2, 0) is 22.5 Å². The second-order valence-corrected chi connectivity index (χ2v) is 6.70. The Labute approximate surface area is 95.0 Å². The monoisotopic (exact) mass is 244 g/mol. The molecule has 1 saturated carbocycles. The van der Waals surface area contributed by atoms with Crippen LogP contribution in [-0.4, -0.2) is 34.8 Å². The van der Waals surface area contributed by atoms with Gasteiger partial charge in [0, 0.05) is 19.5 Å². The summed E-state index contributed by atoms with van der Waals surface area (Å²) in [5.41, 5.74) is -0.695. The predicted octanol–water partition coefficient (Wildman–Crippen LogP) is 0.205. The average molecular weight is 244 g/mol. The van der Waals surface area contributed by atoms with Gasteiger partial charge in [0.25, 0.3) is 0 Å². The Morgan fingerprint density at radius 1 is 1.62 bits per heavy atom. The Morgan fingerprint density at radius 2 is 2.31 bits per heavy atom. The minimum absolute atomic E-state index is 0.476. The molecular weight excluding hydrogens is 228 g/mol. The molecule has 2 unspecified atom stereocenters. The van der Waals surface area contributed by atoms with Gasteiger partial charge in [-0.15, -0.1) is 0 Å². The number of hydrogen-bond acceptors (Lipinski definition) is 4. The number of aryl methyl sites for hydroxylation is 1. The Hall–Kier alpha value is -0.880. The largest absolute Gasteiger partial charge is 0.382 e. The van der Waals surface area contributed by atoms with Crippen LogP contribution in [0.4, 0.5) is 0 Å². The van der Waals surface area contributed by atoms with Gasteiger partial charge >= 0.3 is 0 Å². The Balaban J connectivity index is 2.49. The van der Waals surface area contributed by atoms with Gasteiger partial charge in [0.2, 0.25) is 0 Å². The molecule has 16 heavy (non-hydrogen) atoms. The van der Waals surface area contributed by atoms with E-state index in [9.17, 15) is 13.5 Å². The smallest absolute Gasteiger partial charge is 0.153 e. The van der Waals surface area contributed by atoms with Crippen molar-refractivity contribution in [1.29, 1.82) is 0 Å². The zero-order valence-corrected chi connectivity index (χ0v) is 10.2. The lowest BCUT2D eigenvalue weighted by Gasteiger charge is -2.28. The third kappa shape index (κ3) is 1.66. The highest BCUT2D eigenvalue weighted by Gasteiger charge is 2.49. The highest BCUT2D eigenvalue weighted by atomic mass is 32.2. The summed E-state index contributed by atoms with van der Waals surface area (Å²) in [6.45, 7) is 0. The molecule has 0 radical (unpaired) electrons. The second-order valence-electron chi connectivity index (χ2n) is 4.47. The van der Waals surface area contributed by atoms with Gasteiger partial charge in [-0.25, -0.2) is 8.42 Å². The molecule has 0 saturated heterocycles. The molecule has 6 heteroatoms. The summed E-state index contributed by atoms with van der Waals surface area (Å²) in [5, 5.41) is 13.9. The van der Waals surface area contributed by atoms with Gasteiger partial charge in [0.05, 0.1) is 10.9 Å². The molecule has 1 heterocycles. The number of aromatic nitrogens is 2. The summed E-state index contributed by atoms with van der Waals surface area (Å²) in [6, 6.07) is 1.68. The van der Waals surface area contributed by atoms with Crippen LogP contribution in [0.3, 0.4) is 0 Å². The van der Waals surface area contributed by atoms with Crippen molar-refractivity contribution >= 4 is 9.84 Å². The normalized spacial score (nSPS) is 30.8. The van der Waals surface area contributed by atoms with Crippen molar-refractivity contribution < 1.29 is 13.5 Å². The average Bonchev–Trinajstić information content (AvgIpc) is 2.70. The van der Waals surface area contributed by atoms with Gasteiger partial charge in [0.15, 0.2) is 9.84 Å². The molecule has 2 atom stereocenters. The van der Waals surface area contributed by atoms with E-state index < -0.39 is 20.7 Å². The number of aliphatic hydroxyl groups is 1. The van der Waals surface area contributed by atoms with Crippen LogP contribution in [0, 0.1) is 0 Å². The van der Waals surface area contributed by atoms with Gasteiger partial charge in [-0.05, 0) is 25.3 Å². The Morgan fingerprint density at radius 3 is 2.81 bits per heavy atom. The summed E-state index contributed by atoms with van der Waals surface area (Å²) < 4.78 is 24.9. The fraction of sp³-hybridized carbons (Fsp3) is 0.700. The molecule has 1 aliphatic rings. The van der Waals surface area contributed by atoms with Gasteiger partial charge in [0.1, 0.15) is 5.60 Å². The van der Waals surface area contributed by atoms with Crippen molar-refractivity contribution in [3.05, 3.63) is 18.0 Å². The number of nitrogens with zero attached hydrogens (tertiary/aromatic N) is 2. The van der Waals surface area contributed by atoms with E-state index in [0.29, 0.717) is 18.5 Å². The van der Waals surface area contributed by atoms with Crippen LogP contribution in [0.5, 0.6) is 0 Å². The van der Waals surface area contributed by atoms with Gasteiger partial charge < -0.3 is 5.11 Å². The highest BCUT2D eigenvalue weighted by Crippen LogP contribution is 2.42. The molecule has 0 bridgehead atoms. The summed E-state index contributed by atoms with van der Waals surface area (Å²) >= 11 is 0. The Kier molecular flexibility index (Phi) is 2.58. The minimum atomic E-state index is -3.24. The van der Waals surface area contributed by atoms with Crippen molar-refractivity contribution in [2.45, 2.75) is 30.1 Å². The maximum atomic E-state index is 11.7. The number of sulfone groups is 1. The van der Waals surface area contributed by atoms with Crippen molar-refractivity contribution in [3.8, 4) is 0 Å². The molecule has 1 fully saturated rings. The third-order valence-corrected chi connectivity index (χ3v) is 5.00. The highest BCUT2D eigenvalue weighted by molar-refractivity contribution is 7.91. The van der Waals surface area contributed by atoms with E-state index >= 15 is 0 Å². The molecule has 1 N–H and O–H groups in total. The second kappa shape index (κ2) is 3.56. The van der Waals surface area contributed by atoms with E-state index in [-0.39, 0.29) is 0 Å². The summed E-state index contributed by atoms with van der Waals surface area (Å²) in [6.07, 6.45) is 4.47. The van der Waals surface area contributed by atoms with Crippen LogP contribution >= 0.6 is 0 Å². The molecule has 1 aliphatic carbocycles. The fourth-order valence-electron chi connectivity index (χ4n) is 2.62. The fourth-order valence-corrected chi connectivity index (χ4v) is 4.16. The molecule has 1 aromatic rings. The van der Waals surface area contributed by atoms with Crippen LogP contribution < -0.4 is 0 Å². The zero-order chi connectivity index (χ0) is 12.0. The van der Waals surface area contributed by atoms with Crippen molar-refractivity contribution in [3.63, 3.8) is 0 Å². The van der Waals surface area contributed by atoms with Gasteiger partial charge in [-0.3, -0.25) is 4.68 Å². The Bertz CT molecular complexity index is 494. The molecule has 2 rings (SSSR count). The lowest BCUT2D eigenvalue weighted by atomic mass is 9.97. The quantitative estimate of drug-likeness (QED) is 0.807. The van der Waals surface area contributed by atoms with E-state index in [1.807, 2.05) is 0 Å². The van der Waals surface area contributed by atoms with Gasteiger partial charge in [-0.2, -0.15) is 5.10 Å². The van der Waals surface area contributed by atoms with E-state index in [1.165, 1.54) is 6.26 Å². The molecule has 5 nitrogen and oxygen atoms in total. The standard InChI is InChI=1S/C10H16N2O3S/c1-12-8(5-7-11-12)10(13)6-3-4-9(10)16(2,14)15/h5,7,9,13H,3-4,6H2,1-2H3. The molecule has 0 aliphatic heterocycles. The van der Waals surface area contributed by atoms with E-state index in [0.717, 1.165) is 6.42 Å². The van der Waals surface area contributed by atoms with Crippen molar-refractivity contribution in [2.75, 3.05) is 6.26 Å². The summed E-state index contributed by atoms with van der Waals surface area (Å²) in [7, 11) is -1.53. The minimum Gasteiger partial charge on any atom is -0.382 e. The first-order chi connectivity index (χ1) is 7.36. The third-order valence-electron chi connectivity index (χ3n) is 3.34. The molecule has 0 aromatic carbocycles. The predicted molar refractivity (Wildman–Crippen MR) is 59.6 cm³/mol.